The highest BCUT2D eigenvalue weighted by molar-refractivity contribution is 5.86. The van der Waals surface area contributed by atoms with Gasteiger partial charge in [0.2, 0.25) is 5.95 Å². The van der Waals surface area contributed by atoms with Gasteiger partial charge in [-0.15, -0.1) is 0 Å². The van der Waals surface area contributed by atoms with Crippen molar-refractivity contribution in [3.63, 3.8) is 0 Å². The summed E-state index contributed by atoms with van der Waals surface area (Å²) in [6.07, 6.45) is 1.30. The zero-order chi connectivity index (χ0) is 14.5. The van der Waals surface area contributed by atoms with Gasteiger partial charge >= 0.3 is 0 Å². The van der Waals surface area contributed by atoms with Gasteiger partial charge in [0.05, 0.1) is 12.6 Å². The molecule has 1 amide bonds. The van der Waals surface area contributed by atoms with E-state index in [4.69, 9.17) is 4.84 Å². The highest BCUT2D eigenvalue weighted by atomic mass is 19.3. The maximum Gasteiger partial charge on any atom is 0.263 e. The van der Waals surface area contributed by atoms with Crippen LogP contribution in [0, 0.1) is 11.4 Å². The third kappa shape index (κ3) is 1.88. The predicted octanol–water partition coefficient (Wildman–Crippen LogP) is 2.47. The first kappa shape index (κ1) is 13.4. The first-order valence-corrected chi connectivity index (χ1v) is 6.31. The van der Waals surface area contributed by atoms with Crippen LogP contribution < -0.4 is 0 Å². The van der Waals surface area contributed by atoms with Gasteiger partial charge in [-0.3, -0.25) is 9.63 Å². The van der Waals surface area contributed by atoms with Crippen LogP contribution >= 0.6 is 0 Å². The average Bonchev–Trinajstić information content (AvgIpc) is 2.80. The molecule has 0 N–H and O–H groups in total. The minimum absolute atomic E-state index is 0.259. The van der Waals surface area contributed by atoms with Crippen molar-refractivity contribution < 1.29 is 22.8 Å². The number of pyridine rings is 1. The lowest BCUT2D eigenvalue weighted by Crippen LogP contribution is -2.37. The summed E-state index contributed by atoms with van der Waals surface area (Å²) in [5.41, 5.74) is -1.12. The fourth-order valence-electron chi connectivity index (χ4n) is 2.43. The Bertz CT molecular complexity index is 549. The Labute approximate surface area is 113 Å². The molecular weight excluding hydrogens is 273 g/mol. The lowest BCUT2D eigenvalue weighted by atomic mass is 10.0. The summed E-state index contributed by atoms with van der Waals surface area (Å²) in [7, 11) is 0. The van der Waals surface area contributed by atoms with E-state index >= 15 is 0 Å². The summed E-state index contributed by atoms with van der Waals surface area (Å²) in [6, 6.07) is 2.16. The van der Waals surface area contributed by atoms with Crippen LogP contribution in [0.4, 0.5) is 13.2 Å². The van der Waals surface area contributed by atoms with Gasteiger partial charge in [0, 0.05) is 19.0 Å². The van der Waals surface area contributed by atoms with Crippen molar-refractivity contribution in [1.29, 1.82) is 0 Å². The number of hydrogen-bond donors (Lipinski definition) is 0. The number of rotatable bonds is 2. The molecule has 0 aromatic carbocycles. The number of hydrogen-bond acceptors (Lipinski definition) is 3. The summed E-state index contributed by atoms with van der Waals surface area (Å²) < 4.78 is 39.4. The third-order valence-corrected chi connectivity index (χ3v) is 3.97. The number of nitrogens with zero attached hydrogens (tertiary/aromatic N) is 2. The molecule has 2 atom stereocenters. The van der Waals surface area contributed by atoms with Gasteiger partial charge in [-0.1, -0.05) is 6.07 Å². The number of halogens is 3. The predicted molar refractivity (Wildman–Crippen MR) is 62.0 cm³/mol. The largest absolute Gasteiger partial charge is 0.272 e. The van der Waals surface area contributed by atoms with Gasteiger partial charge in [0.15, 0.2) is 0 Å². The van der Waals surface area contributed by atoms with E-state index in [1.54, 1.807) is 0 Å². The van der Waals surface area contributed by atoms with Crippen LogP contribution in [0.25, 0.3) is 0 Å². The molecule has 1 saturated carbocycles. The van der Waals surface area contributed by atoms with Crippen molar-refractivity contribution in [3.8, 4) is 0 Å². The highest BCUT2D eigenvalue weighted by Crippen LogP contribution is 2.61. The standard InChI is InChI=1S/C13H13F3N2O2/c1-12(7-13(12,15)16)11(19)18-9(4-5-20-18)8-2-3-10(14)17-6-8/h2-3,6,9H,4-5,7H2,1H3/t9-,12?/m0/s1. The van der Waals surface area contributed by atoms with E-state index in [1.807, 2.05) is 0 Å². The van der Waals surface area contributed by atoms with Crippen molar-refractivity contribution in [2.45, 2.75) is 31.7 Å². The van der Waals surface area contributed by atoms with Gasteiger partial charge < -0.3 is 0 Å². The fraction of sp³-hybridized carbons (Fsp3) is 0.538. The summed E-state index contributed by atoms with van der Waals surface area (Å²) >= 11 is 0. The number of amides is 1. The van der Waals surface area contributed by atoms with Crippen molar-refractivity contribution >= 4 is 5.91 Å². The Morgan fingerprint density at radius 2 is 2.20 bits per heavy atom. The molecule has 0 radical (unpaired) electrons. The monoisotopic (exact) mass is 286 g/mol. The first-order chi connectivity index (χ1) is 9.35. The molecule has 2 fully saturated rings. The number of alkyl halides is 2. The summed E-state index contributed by atoms with van der Waals surface area (Å²) in [5.74, 6) is -4.35. The van der Waals surface area contributed by atoms with Crippen molar-refractivity contribution in [2.24, 2.45) is 5.41 Å². The Morgan fingerprint density at radius 3 is 2.75 bits per heavy atom. The molecule has 1 saturated heterocycles. The lowest BCUT2D eigenvalue weighted by Gasteiger charge is -2.25. The molecule has 20 heavy (non-hydrogen) atoms. The molecule has 0 spiro atoms. The molecule has 1 aromatic heterocycles. The van der Waals surface area contributed by atoms with E-state index in [1.165, 1.54) is 25.3 Å². The van der Waals surface area contributed by atoms with Gasteiger partial charge in [-0.2, -0.15) is 4.39 Å². The first-order valence-electron chi connectivity index (χ1n) is 6.31. The molecule has 0 bridgehead atoms. The number of carbonyl (C=O) groups excluding carboxylic acids is 1. The van der Waals surface area contributed by atoms with E-state index in [0.717, 1.165) is 5.06 Å². The summed E-state index contributed by atoms with van der Waals surface area (Å²) in [5, 5.41) is 0.996. The molecule has 3 rings (SSSR count). The smallest absolute Gasteiger partial charge is 0.263 e. The highest BCUT2D eigenvalue weighted by Gasteiger charge is 2.74. The maximum atomic E-state index is 13.3. The molecule has 108 valence electrons. The minimum atomic E-state index is -2.98. The Balaban J connectivity index is 1.83. The van der Waals surface area contributed by atoms with Crippen LogP contribution in [0.3, 0.4) is 0 Å². The van der Waals surface area contributed by atoms with Crippen molar-refractivity contribution in [1.82, 2.24) is 10.0 Å². The van der Waals surface area contributed by atoms with Crippen LogP contribution in [0.15, 0.2) is 18.3 Å². The fourth-order valence-corrected chi connectivity index (χ4v) is 2.43. The average molecular weight is 286 g/mol. The number of carbonyl (C=O) groups is 1. The molecule has 2 aliphatic rings. The molecular formula is C13H13F3N2O2. The van der Waals surface area contributed by atoms with Gasteiger partial charge in [0.1, 0.15) is 5.41 Å². The topological polar surface area (TPSA) is 42.4 Å². The van der Waals surface area contributed by atoms with Gasteiger partial charge in [-0.25, -0.2) is 18.8 Å². The Hall–Kier alpha value is -1.63. The lowest BCUT2D eigenvalue weighted by molar-refractivity contribution is -0.186. The SMILES string of the molecule is CC1(C(=O)N2OCC[C@H]2c2ccc(F)nc2)CC1(F)F. The molecule has 1 unspecified atom stereocenters. The molecule has 2 heterocycles. The second kappa shape index (κ2) is 4.18. The maximum absolute atomic E-state index is 13.3. The zero-order valence-electron chi connectivity index (χ0n) is 10.8. The van der Waals surface area contributed by atoms with E-state index in [0.29, 0.717) is 12.0 Å². The second-order valence-corrected chi connectivity index (χ2v) is 5.40. The third-order valence-electron chi connectivity index (χ3n) is 3.97. The normalized spacial score (nSPS) is 31.4. The van der Waals surface area contributed by atoms with E-state index in [2.05, 4.69) is 4.98 Å². The van der Waals surface area contributed by atoms with Crippen LogP contribution in [0.1, 0.15) is 31.4 Å². The zero-order valence-corrected chi connectivity index (χ0v) is 10.8. The summed E-state index contributed by atoms with van der Waals surface area (Å²) in [6.45, 7) is 1.49. The summed E-state index contributed by atoms with van der Waals surface area (Å²) in [4.78, 5) is 20.9. The number of hydroxylamine groups is 2. The molecule has 4 nitrogen and oxygen atoms in total. The van der Waals surface area contributed by atoms with Crippen LogP contribution in [-0.4, -0.2) is 28.5 Å². The Kier molecular flexibility index (Phi) is 2.79. The molecule has 1 aliphatic heterocycles. The van der Waals surface area contributed by atoms with Crippen LogP contribution in [-0.2, 0) is 9.63 Å². The second-order valence-electron chi connectivity index (χ2n) is 5.40. The molecule has 7 heteroatoms. The van der Waals surface area contributed by atoms with E-state index in [9.17, 15) is 18.0 Å². The van der Waals surface area contributed by atoms with Crippen molar-refractivity contribution in [2.75, 3.05) is 6.61 Å². The van der Waals surface area contributed by atoms with Gasteiger partial charge in [0.25, 0.3) is 11.8 Å². The van der Waals surface area contributed by atoms with Crippen molar-refractivity contribution in [3.05, 3.63) is 29.8 Å². The van der Waals surface area contributed by atoms with Crippen LogP contribution in [0.5, 0.6) is 0 Å². The van der Waals surface area contributed by atoms with Crippen LogP contribution in [0.2, 0.25) is 0 Å². The quantitative estimate of drug-likeness (QED) is 0.784. The van der Waals surface area contributed by atoms with E-state index in [-0.39, 0.29) is 6.61 Å². The van der Waals surface area contributed by atoms with E-state index < -0.39 is 35.7 Å². The number of aromatic nitrogens is 1. The Morgan fingerprint density at radius 1 is 1.50 bits per heavy atom. The van der Waals surface area contributed by atoms with Gasteiger partial charge in [-0.05, 0) is 18.6 Å². The molecule has 1 aliphatic carbocycles. The molecule has 1 aromatic rings. The minimum Gasteiger partial charge on any atom is -0.272 e.